The van der Waals surface area contributed by atoms with E-state index >= 15 is 0 Å². The van der Waals surface area contributed by atoms with Crippen LogP contribution in [0.2, 0.25) is 0 Å². The molecular formula is C12H16N4. The van der Waals surface area contributed by atoms with E-state index in [-0.39, 0.29) is 6.04 Å². The molecule has 0 aliphatic heterocycles. The van der Waals surface area contributed by atoms with Crippen molar-refractivity contribution in [1.29, 1.82) is 0 Å². The first kappa shape index (κ1) is 10.9. The Morgan fingerprint density at radius 2 is 2.06 bits per heavy atom. The minimum Gasteiger partial charge on any atom is -0.271 e. The molecule has 0 saturated carbocycles. The van der Waals surface area contributed by atoms with Crippen molar-refractivity contribution in [2.45, 2.75) is 19.5 Å². The Balaban J connectivity index is 2.37. The monoisotopic (exact) mass is 216 g/mol. The van der Waals surface area contributed by atoms with E-state index in [1.807, 2.05) is 28.9 Å². The number of nitrogens with zero attached hydrogens (tertiary/aromatic N) is 2. The molecule has 0 radical (unpaired) electrons. The van der Waals surface area contributed by atoms with Gasteiger partial charge < -0.3 is 0 Å². The fraction of sp³-hybridized carbons (Fsp3) is 0.250. The fourth-order valence-electron chi connectivity index (χ4n) is 1.85. The van der Waals surface area contributed by atoms with Gasteiger partial charge in [-0.15, -0.1) is 0 Å². The molecule has 0 aliphatic carbocycles. The first-order valence-electron chi connectivity index (χ1n) is 5.39. The number of hydrogen-bond acceptors (Lipinski definition) is 3. The molecule has 0 aliphatic rings. The van der Waals surface area contributed by atoms with E-state index in [2.05, 4.69) is 29.6 Å². The van der Waals surface area contributed by atoms with Crippen molar-refractivity contribution in [1.82, 2.24) is 15.2 Å². The third kappa shape index (κ3) is 1.98. The predicted octanol–water partition coefficient (Wildman–Crippen LogP) is 1.46. The molecule has 3 N–H and O–H groups in total. The summed E-state index contributed by atoms with van der Waals surface area (Å²) in [4.78, 5) is 0. The number of nitrogens with one attached hydrogen (secondary N) is 1. The molecule has 0 fully saturated rings. The second-order valence-electron chi connectivity index (χ2n) is 3.58. The molecule has 1 unspecified atom stereocenters. The predicted molar refractivity (Wildman–Crippen MR) is 63.5 cm³/mol. The first-order chi connectivity index (χ1) is 7.86. The average Bonchev–Trinajstić information content (AvgIpc) is 2.80. The van der Waals surface area contributed by atoms with Gasteiger partial charge in [0, 0.05) is 12.7 Å². The van der Waals surface area contributed by atoms with Crippen LogP contribution in [0.15, 0.2) is 42.6 Å². The lowest BCUT2D eigenvalue weighted by Crippen LogP contribution is -2.30. The van der Waals surface area contributed by atoms with Crippen LogP contribution in [0.4, 0.5) is 0 Å². The first-order valence-corrected chi connectivity index (χ1v) is 5.39. The van der Waals surface area contributed by atoms with Crippen molar-refractivity contribution in [2.75, 3.05) is 0 Å². The van der Waals surface area contributed by atoms with Crippen LogP contribution in [-0.2, 0) is 6.54 Å². The summed E-state index contributed by atoms with van der Waals surface area (Å²) in [5, 5.41) is 4.25. The van der Waals surface area contributed by atoms with Gasteiger partial charge in [-0.2, -0.15) is 5.10 Å². The largest absolute Gasteiger partial charge is 0.271 e. The highest BCUT2D eigenvalue weighted by Crippen LogP contribution is 2.20. The van der Waals surface area contributed by atoms with Gasteiger partial charge in [0.25, 0.3) is 0 Å². The molecular weight excluding hydrogens is 200 g/mol. The van der Waals surface area contributed by atoms with Gasteiger partial charge in [0.1, 0.15) is 0 Å². The third-order valence-corrected chi connectivity index (χ3v) is 2.64. The van der Waals surface area contributed by atoms with Crippen LogP contribution in [0.5, 0.6) is 0 Å². The van der Waals surface area contributed by atoms with Crippen LogP contribution in [0.3, 0.4) is 0 Å². The highest BCUT2D eigenvalue weighted by atomic mass is 15.3. The maximum Gasteiger partial charge on any atom is 0.0878 e. The van der Waals surface area contributed by atoms with Gasteiger partial charge in [-0.05, 0) is 18.6 Å². The molecule has 0 amide bonds. The summed E-state index contributed by atoms with van der Waals surface area (Å²) in [6.07, 6.45) is 1.80. The van der Waals surface area contributed by atoms with Crippen molar-refractivity contribution in [3.8, 4) is 0 Å². The Bertz CT molecular complexity index is 435. The summed E-state index contributed by atoms with van der Waals surface area (Å²) in [5.74, 6) is 5.63. The topological polar surface area (TPSA) is 55.9 Å². The second kappa shape index (κ2) is 4.92. The molecule has 2 aromatic rings. The molecule has 84 valence electrons. The Morgan fingerprint density at radius 1 is 1.31 bits per heavy atom. The Hall–Kier alpha value is -1.65. The number of benzene rings is 1. The summed E-state index contributed by atoms with van der Waals surface area (Å²) in [6, 6.07) is 12.1. The van der Waals surface area contributed by atoms with Crippen molar-refractivity contribution in [3.05, 3.63) is 53.9 Å². The summed E-state index contributed by atoms with van der Waals surface area (Å²) in [6.45, 7) is 2.91. The normalized spacial score (nSPS) is 12.6. The van der Waals surface area contributed by atoms with E-state index in [0.717, 1.165) is 17.8 Å². The third-order valence-electron chi connectivity index (χ3n) is 2.64. The fourth-order valence-corrected chi connectivity index (χ4v) is 1.85. The van der Waals surface area contributed by atoms with Crippen LogP contribution in [0.25, 0.3) is 0 Å². The van der Waals surface area contributed by atoms with Crippen LogP contribution < -0.4 is 11.3 Å². The van der Waals surface area contributed by atoms with Crippen LogP contribution >= 0.6 is 0 Å². The SMILES string of the molecule is CCn1nccc1C(NN)c1ccccc1. The molecule has 1 atom stereocenters. The number of hydrogen-bond donors (Lipinski definition) is 2. The van der Waals surface area contributed by atoms with Crippen LogP contribution in [-0.4, -0.2) is 9.78 Å². The maximum absolute atomic E-state index is 5.63. The lowest BCUT2D eigenvalue weighted by molar-refractivity contribution is 0.543. The average molecular weight is 216 g/mol. The van der Waals surface area contributed by atoms with Gasteiger partial charge in [0.15, 0.2) is 0 Å². The second-order valence-corrected chi connectivity index (χ2v) is 3.58. The van der Waals surface area contributed by atoms with E-state index in [4.69, 9.17) is 5.84 Å². The lowest BCUT2D eigenvalue weighted by Gasteiger charge is -2.17. The van der Waals surface area contributed by atoms with Crippen LogP contribution in [0, 0.1) is 0 Å². The van der Waals surface area contributed by atoms with E-state index in [1.54, 1.807) is 6.20 Å². The smallest absolute Gasteiger partial charge is 0.0878 e. The summed E-state index contributed by atoms with van der Waals surface area (Å²) >= 11 is 0. The highest BCUT2D eigenvalue weighted by molar-refractivity contribution is 5.27. The van der Waals surface area contributed by atoms with E-state index < -0.39 is 0 Å². The Morgan fingerprint density at radius 3 is 2.69 bits per heavy atom. The van der Waals surface area contributed by atoms with Crippen molar-refractivity contribution in [3.63, 3.8) is 0 Å². The zero-order chi connectivity index (χ0) is 11.4. The van der Waals surface area contributed by atoms with Gasteiger partial charge in [0.05, 0.1) is 11.7 Å². The molecule has 1 aromatic heterocycles. The maximum atomic E-state index is 5.63. The molecule has 2 rings (SSSR count). The number of rotatable bonds is 4. The Labute approximate surface area is 95.1 Å². The number of hydrazine groups is 1. The minimum atomic E-state index is -0.0105. The molecule has 16 heavy (non-hydrogen) atoms. The molecule has 0 bridgehead atoms. The van der Waals surface area contributed by atoms with E-state index in [9.17, 15) is 0 Å². The molecule has 4 heteroatoms. The van der Waals surface area contributed by atoms with E-state index in [1.165, 1.54) is 0 Å². The number of nitrogens with two attached hydrogens (primary N) is 1. The van der Waals surface area contributed by atoms with Gasteiger partial charge in [-0.3, -0.25) is 10.5 Å². The Kier molecular flexibility index (Phi) is 3.34. The molecule has 4 nitrogen and oxygen atoms in total. The van der Waals surface area contributed by atoms with Crippen LogP contribution in [0.1, 0.15) is 24.2 Å². The molecule has 1 heterocycles. The standard InChI is InChI=1S/C12H16N4/c1-2-16-11(8-9-14-16)12(15-13)10-6-4-3-5-7-10/h3-9,12,15H,2,13H2,1H3. The number of aromatic nitrogens is 2. The van der Waals surface area contributed by atoms with Gasteiger partial charge in [0.2, 0.25) is 0 Å². The minimum absolute atomic E-state index is 0.0105. The zero-order valence-corrected chi connectivity index (χ0v) is 9.30. The zero-order valence-electron chi connectivity index (χ0n) is 9.30. The van der Waals surface area contributed by atoms with Crippen molar-refractivity contribution >= 4 is 0 Å². The van der Waals surface area contributed by atoms with E-state index in [0.29, 0.717) is 0 Å². The molecule has 0 saturated heterocycles. The highest BCUT2D eigenvalue weighted by Gasteiger charge is 2.15. The molecule has 0 spiro atoms. The lowest BCUT2D eigenvalue weighted by atomic mass is 10.0. The summed E-state index contributed by atoms with van der Waals surface area (Å²) in [5.41, 5.74) is 5.05. The van der Waals surface area contributed by atoms with Crippen molar-refractivity contribution in [2.24, 2.45) is 5.84 Å². The van der Waals surface area contributed by atoms with Gasteiger partial charge in [-0.1, -0.05) is 30.3 Å². The number of aryl methyl sites for hydroxylation is 1. The van der Waals surface area contributed by atoms with Gasteiger partial charge >= 0.3 is 0 Å². The quantitative estimate of drug-likeness (QED) is 0.601. The summed E-state index contributed by atoms with van der Waals surface area (Å²) in [7, 11) is 0. The summed E-state index contributed by atoms with van der Waals surface area (Å²) < 4.78 is 1.94. The van der Waals surface area contributed by atoms with Crippen molar-refractivity contribution < 1.29 is 0 Å². The molecule has 1 aromatic carbocycles. The van der Waals surface area contributed by atoms with Gasteiger partial charge in [-0.25, -0.2) is 5.43 Å².